The molecule has 0 radical (unpaired) electrons. The van der Waals surface area contributed by atoms with Crippen molar-refractivity contribution in [3.05, 3.63) is 65.0 Å². The summed E-state index contributed by atoms with van der Waals surface area (Å²) in [6.07, 6.45) is 0. The molecule has 1 aromatic heterocycles. The molecule has 32 heavy (non-hydrogen) atoms. The lowest BCUT2D eigenvalue weighted by Crippen LogP contribution is -2.46. The number of fused-ring (bicyclic) bond motifs is 1. The van der Waals surface area contributed by atoms with Crippen LogP contribution in [-0.4, -0.2) is 56.4 Å². The highest BCUT2D eigenvalue weighted by atomic mass is 32.2. The number of hydrogen-bond acceptors (Lipinski definition) is 7. The summed E-state index contributed by atoms with van der Waals surface area (Å²) in [5, 5.41) is 3.82. The number of carbonyl (C=O) groups is 2. The summed E-state index contributed by atoms with van der Waals surface area (Å²) < 4.78 is 29.7. The maximum Gasteiger partial charge on any atom is 0.348 e. The molecule has 4 rings (SSSR count). The van der Waals surface area contributed by atoms with Gasteiger partial charge in [0.15, 0.2) is 9.84 Å². The maximum absolute atomic E-state index is 13.3. The van der Waals surface area contributed by atoms with Gasteiger partial charge in [-0.15, -0.1) is 11.3 Å². The lowest BCUT2D eigenvalue weighted by atomic mass is 10.0. The predicted octanol–water partition coefficient (Wildman–Crippen LogP) is 3.49. The molecule has 7 nitrogen and oxygen atoms in total. The molecule has 1 amide bonds. The van der Waals surface area contributed by atoms with Crippen LogP contribution in [0.15, 0.2) is 54.6 Å². The summed E-state index contributed by atoms with van der Waals surface area (Å²) in [6, 6.07) is 16.0. The van der Waals surface area contributed by atoms with E-state index in [1.165, 1.54) is 11.3 Å². The van der Waals surface area contributed by atoms with E-state index in [2.05, 4.69) is 5.32 Å². The second-order valence-corrected chi connectivity index (χ2v) is 11.0. The number of thiophene rings is 1. The fourth-order valence-corrected chi connectivity index (χ4v) is 5.95. The van der Waals surface area contributed by atoms with E-state index in [1.807, 2.05) is 47.4 Å². The Bertz CT molecular complexity index is 1220. The molecule has 9 heteroatoms. The van der Waals surface area contributed by atoms with Crippen molar-refractivity contribution in [2.45, 2.75) is 13.0 Å². The molecule has 0 bridgehead atoms. The molecule has 0 saturated carbocycles. The van der Waals surface area contributed by atoms with E-state index in [4.69, 9.17) is 4.74 Å². The van der Waals surface area contributed by atoms with Gasteiger partial charge in [0.2, 0.25) is 5.91 Å². The Labute approximate surface area is 190 Å². The summed E-state index contributed by atoms with van der Waals surface area (Å²) >= 11 is 1.35. The van der Waals surface area contributed by atoms with Crippen molar-refractivity contribution in [2.75, 3.05) is 36.5 Å². The first-order chi connectivity index (χ1) is 15.4. The monoisotopic (exact) mass is 472 g/mol. The van der Waals surface area contributed by atoms with Gasteiger partial charge >= 0.3 is 5.97 Å². The number of amides is 1. The quantitative estimate of drug-likeness (QED) is 0.552. The normalized spacial score (nSPS) is 17.0. The molecule has 1 atom stereocenters. The summed E-state index contributed by atoms with van der Waals surface area (Å²) in [6.45, 7) is 2.69. The first-order valence-electron chi connectivity index (χ1n) is 10.4. The Balaban J connectivity index is 1.57. The number of benzene rings is 2. The van der Waals surface area contributed by atoms with Crippen molar-refractivity contribution < 1.29 is 22.7 Å². The molecule has 1 unspecified atom stereocenters. The number of rotatable bonds is 6. The molecule has 3 aromatic rings. The van der Waals surface area contributed by atoms with Gasteiger partial charge in [-0.05, 0) is 42.1 Å². The van der Waals surface area contributed by atoms with E-state index in [0.717, 1.165) is 15.6 Å². The molecular formula is C23H24N2O5S2. The van der Waals surface area contributed by atoms with Crippen molar-refractivity contribution in [3.8, 4) is 0 Å². The van der Waals surface area contributed by atoms with Gasteiger partial charge in [0.25, 0.3) is 0 Å². The Morgan fingerprint density at radius 3 is 2.50 bits per heavy atom. The van der Waals surface area contributed by atoms with E-state index in [1.54, 1.807) is 19.1 Å². The third-order valence-electron chi connectivity index (χ3n) is 5.37. The van der Waals surface area contributed by atoms with Crippen LogP contribution in [0.5, 0.6) is 0 Å². The number of nitrogens with zero attached hydrogens (tertiary/aromatic N) is 1. The van der Waals surface area contributed by atoms with E-state index in [0.29, 0.717) is 30.3 Å². The fourth-order valence-electron chi connectivity index (χ4n) is 3.78. The largest absolute Gasteiger partial charge is 0.462 e. The highest BCUT2D eigenvalue weighted by molar-refractivity contribution is 7.91. The van der Waals surface area contributed by atoms with Crippen LogP contribution in [0.1, 0.15) is 28.2 Å². The minimum absolute atomic E-state index is 0.0428. The Hall–Kier alpha value is -2.75. The lowest BCUT2D eigenvalue weighted by Gasteiger charge is -2.33. The van der Waals surface area contributed by atoms with E-state index < -0.39 is 15.9 Å². The average Bonchev–Trinajstić information content (AvgIpc) is 3.20. The molecular weight excluding hydrogens is 448 g/mol. The molecule has 1 aliphatic heterocycles. The first-order valence-corrected chi connectivity index (χ1v) is 13.0. The summed E-state index contributed by atoms with van der Waals surface area (Å²) in [5.74, 6) is -0.499. The summed E-state index contributed by atoms with van der Waals surface area (Å²) in [7, 11) is -3.06. The van der Waals surface area contributed by atoms with E-state index >= 15 is 0 Å². The van der Waals surface area contributed by atoms with Crippen molar-refractivity contribution >= 4 is 48.8 Å². The Morgan fingerprint density at radius 1 is 1.09 bits per heavy atom. The molecule has 1 aliphatic rings. The molecule has 2 aromatic carbocycles. The third-order valence-corrected chi connectivity index (χ3v) is 8.07. The SMILES string of the molecule is CCOC(=O)c1cc2cc(NC(=O)C(c3ccccc3)N3CCS(=O)(=O)CC3)ccc2s1. The molecule has 1 fully saturated rings. The molecule has 1 saturated heterocycles. The van der Waals surface area contributed by atoms with Crippen LogP contribution in [0.4, 0.5) is 5.69 Å². The molecule has 0 spiro atoms. The average molecular weight is 473 g/mol. The maximum atomic E-state index is 13.3. The lowest BCUT2D eigenvalue weighted by molar-refractivity contribution is -0.121. The number of esters is 1. The topological polar surface area (TPSA) is 92.8 Å². The van der Waals surface area contributed by atoms with Gasteiger partial charge in [-0.25, -0.2) is 13.2 Å². The minimum atomic E-state index is -3.06. The number of nitrogens with one attached hydrogen (secondary N) is 1. The van der Waals surface area contributed by atoms with E-state index in [9.17, 15) is 18.0 Å². The van der Waals surface area contributed by atoms with Gasteiger partial charge in [0, 0.05) is 23.5 Å². The van der Waals surface area contributed by atoms with Crippen LogP contribution >= 0.6 is 11.3 Å². The minimum Gasteiger partial charge on any atom is -0.462 e. The number of carbonyl (C=O) groups excluding carboxylic acids is 2. The summed E-state index contributed by atoms with van der Waals surface area (Å²) in [4.78, 5) is 27.8. The second-order valence-electron chi connectivity index (χ2n) is 7.57. The van der Waals surface area contributed by atoms with E-state index in [-0.39, 0.29) is 23.4 Å². The molecule has 0 aliphatic carbocycles. The van der Waals surface area contributed by atoms with Crippen LogP contribution < -0.4 is 5.32 Å². The fraction of sp³-hybridized carbons (Fsp3) is 0.304. The van der Waals surface area contributed by atoms with Crippen LogP contribution in [0.3, 0.4) is 0 Å². The van der Waals surface area contributed by atoms with Crippen LogP contribution in [-0.2, 0) is 19.4 Å². The van der Waals surface area contributed by atoms with Crippen molar-refractivity contribution in [3.63, 3.8) is 0 Å². The van der Waals surface area contributed by atoms with Gasteiger partial charge in [-0.1, -0.05) is 30.3 Å². The standard InChI is InChI=1S/C23H24N2O5S2/c1-2-30-23(27)20-15-17-14-18(8-9-19(17)31-20)24-22(26)21(16-6-4-3-5-7-16)25-10-12-32(28,29)13-11-25/h3-9,14-15,21H,2,10-13H2,1H3,(H,24,26). The zero-order valence-corrected chi connectivity index (χ0v) is 19.2. The first kappa shape index (κ1) is 22.4. The molecule has 1 N–H and O–H groups in total. The number of hydrogen-bond donors (Lipinski definition) is 1. The number of anilines is 1. The molecule has 168 valence electrons. The van der Waals surface area contributed by atoms with Crippen LogP contribution in [0, 0.1) is 0 Å². The van der Waals surface area contributed by atoms with Crippen molar-refractivity contribution in [2.24, 2.45) is 0 Å². The third kappa shape index (κ3) is 5.01. The van der Waals surface area contributed by atoms with Gasteiger partial charge in [0.1, 0.15) is 10.9 Å². The van der Waals surface area contributed by atoms with Crippen molar-refractivity contribution in [1.29, 1.82) is 0 Å². The Kier molecular flexibility index (Phi) is 6.59. The number of ether oxygens (including phenoxy) is 1. The highest BCUT2D eigenvalue weighted by Gasteiger charge is 2.32. The second kappa shape index (κ2) is 9.40. The smallest absolute Gasteiger partial charge is 0.348 e. The van der Waals surface area contributed by atoms with Gasteiger partial charge in [-0.3, -0.25) is 9.69 Å². The van der Waals surface area contributed by atoms with Gasteiger partial charge in [-0.2, -0.15) is 0 Å². The zero-order valence-electron chi connectivity index (χ0n) is 17.6. The number of sulfone groups is 1. The Morgan fingerprint density at radius 2 is 1.81 bits per heavy atom. The van der Waals surface area contributed by atoms with Crippen molar-refractivity contribution in [1.82, 2.24) is 4.90 Å². The van der Waals surface area contributed by atoms with Gasteiger partial charge in [0.05, 0.1) is 18.1 Å². The van der Waals surface area contributed by atoms with Crippen LogP contribution in [0.2, 0.25) is 0 Å². The zero-order chi connectivity index (χ0) is 22.7. The summed E-state index contributed by atoms with van der Waals surface area (Å²) in [5.41, 5.74) is 1.42. The van der Waals surface area contributed by atoms with Crippen LogP contribution in [0.25, 0.3) is 10.1 Å². The highest BCUT2D eigenvalue weighted by Crippen LogP contribution is 2.30. The molecule has 2 heterocycles. The predicted molar refractivity (Wildman–Crippen MR) is 126 cm³/mol. The van der Waals surface area contributed by atoms with Gasteiger partial charge < -0.3 is 10.1 Å².